The van der Waals surface area contributed by atoms with Gasteiger partial charge in [-0.15, -0.1) is 0 Å². The molecule has 40 heavy (non-hydrogen) atoms. The number of amides is 2. The Morgan fingerprint density at radius 2 is 1.55 bits per heavy atom. The fraction of sp³-hybridized carbons (Fsp3) is 0.310. The van der Waals surface area contributed by atoms with Gasteiger partial charge in [0.1, 0.15) is 12.6 Å². The first-order chi connectivity index (χ1) is 19.0. The van der Waals surface area contributed by atoms with Crippen LogP contribution in [0.25, 0.3) is 0 Å². The number of anilines is 1. The molecule has 7 nitrogen and oxygen atoms in total. The molecule has 214 valence electrons. The molecule has 0 aliphatic carbocycles. The van der Waals surface area contributed by atoms with Gasteiger partial charge in [-0.3, -0.25) is 13.9 Å². The van der Waals surface area contributed by atoms with Gasteiger partial charge in [-0.05, 0) is 47.9 Å². The first kappa shape index (κ1) is 31.7. The van der Waals surface area contributed by atoms with Crippen LogP contribution in [0.1, 0.15) is 30.9 Å². The Balaban J connectivity index is 2.04. The van der Waals surface area contributed by atoms with Crippen LogP contribution in [-0.2, 0) is 32.6 Å². The summed E-state index contributed by atoms with van der Waals surface area (Å²) in [6, 6.07) is 19.7. The lowest BCUT2D eigenvalue weighted by molar-refractivity contribution is -0.140. The standard InChI is InChI=1S/C29H32Cl3N3O4S/c1-3-4-16-33-29(37)27(17-21-8-6-5-7-9-21)34(19-22-10-12-23(30)13-11-22)28(36)20-35(40(2,38)39)26-15-14-24(31)18-25(26)32/h5-15,18,27H,3-4,16-17,19-20H2,1-2H3,(H,33,37). The van der Waals surface area contributed by atoms with E-state index in [9.17, 15) is 18.0 Å². The first-order valence-corrected chi connectivity index (χ1v) is 15.8. The number of carbonyl (C=O) groups is 2. The van der Waals surface area contributed by atoms with Crippen molar-refractivity contribution >= 4 is 62.3 Å². The van der Waals surface area contributed by atoms with Crippen molar-refractivity contribution in [2.75, 3.05) is 23.7 Å². The monoisotopic (exact) mass is 623 g/mol. The lowest BCUT2D eigenvalue weighted by Crippen LogP contribution is -2.53. The van der Waals surface area contributed by atoms with E-state index < -0.39 is 28.5 Å². The molecule has 1 atom stereocenters. The number of carbonyl (C=O) groups excluding carboxylic acids is 2. The predicted octanol–water partition coefficient (Wildman–Crippen LogP) is 5.97. The van der Waals surface area contributed by atoms with Gasteiger partial charge < -0.3 is 10.2 Å². The summed E-state index contributed by atoms with van der Waals surface area (Å²) in [5.74, 6) is -0.895. The molecule has 0 heterocycles. The highest BCUT2D eigenvalue weighted by Gasteiger charge is 2.33. The number of sulfonamides is 1. The third-order valence-electron chi connectivity index (χ3n) is 6.22. The Bertz CT molecular complexity index is 1400. The van der Waals surface area contributed by atoms with Crippen LogP contribution in [0.5, 0.6) is 0 Å². The van der Waals surface area contributed by atoms with Gasteiger partial charge in [0, 0.05) is 29.6 Å². The van der Waals surface area contributed by atoms with Gasteiger partial charge >= 0.3 is 0 Å². The average Bonchev–Trinajstić information content (AvgIpc) is 2.90. The Hall–Kier alpha value is -2.78. The zero-order valence-corrected chi connectivity index (χ0v) is 25.4. The highest BCUT2D eigenvalue weighted by Crippen LogP contribution is 2.30. The molecule has 0 bridgehead atoms. The molecule has 0 aliphatic heterocycles. The maximum absolute atomic E-state index is 14.0. The van der Waals surface area contributed by atoms with E-state index in [1.54, 1.807) is 24.3 Å². The summed E-state index contributed by atoms with van der Waals surface area (Å²) in [5.41, 5.74) is 1.70. The van der Waals surface area contributed by atoms with E-state index in [2.05, 4.69) is 5.32 Å². The summed E-state index contributed by atoms with van der Waals surface area (Å²) in [6.45, 7) is 1.97. The topological polar surface area (TPSA) is 86.8 Å². The number of nitrogens with zero attached hydrogens (tertiary/aromatic N) is 2. The third-order valence-corrected chi connectivity index (χ3v) is 8.14. The second-order valence-electron chi connectivity index (χ2n) is 9.36. The maximum Gasteiger partial charge on any atom is 0.244 e. The molecule has 1 unspecified atom stereocenters. The van der Waals surface area contributed by atoms with Crippen molar-refractivity contribution in [1.29, 1.82) is 0 Å². The molecular weight excluding hydrogens is 593 g/mol. The van der Waals surface area contributed by atoms with Crippen LogP contribution in [0.4, 0.5) is 5.69 Å². The van der Waals surface area contributed by atoms with Crippen molar-refractivity contribution < 1.29 is 18.0 Å². The maximum atomic E-state index is 14.0. The number of unbranched alkanes of at least 4 members (excludes halogenated alkanes) is 1. The molecule has 11 heteroatoms. The van der Waals surface area contributed by atoms with Crippen molar-refractivity contribution in [2.24, 2.45) is 0 Å². The number of benzene rings is 3. The largest absolute Gasteiger partial charge is 0.354 e. The molecule has 3 rings (SSSR count). The Morgan fingerprint density at radius 3 is 2.15 bits per heavy atom. The molecule has 0 spiro atoms. The van der Waals surface area contributed by atoms with Crippen LogP contribution in [0.15, 0.2) is 72.8 Å². The molecule has 0 fully saturated rings. The molecule has 2 amide bonds. The molecule has 3 aromatic carbocycles. The van der Waals surface area contributed by atoms with E-state index in [-0.39, 0.29) is 29.6 Å². The lowest BCUT2D eigenvalue weighted by Gasteiger charge is -2.33. The Labute approximate surface area is 251 Å². The van der Waals surface area contributed by atoms with Gasteiger partial charge in [0.2, 0.25) is 21.8 Å². The van der Waals surface area contributed by atoms with E-state index in [4.69, 9.17) is 34.8 Å². The van der Waals surface area contributed by atoms with E-state index in [0.29, 0.717) is 16.6 Å². The molecular formula is C29H32Cl3N3O4S. The highest BCUT2D eigenvalue weighted by atomic mass is 35.5. The van der Waals surface area contributed by atoms with Crippen LogP contribution in [0.2, 0.25) is 15.1 Å². The number of nitrogens with one attached hydrogen (secondary N) is 1. The van der Waals surface area contributed by atoms with Crippen molar-refractivity contribution in [3.63, 3.8) is 0 Å². The second-order valence-corrected chi connectivity index (χ2v) is 12.6. The zero-order chi connectivity index (χ0) is 29.3. The zero-order valence-electron chi connectivity index (χ0n) is 22.3. The number of rotatable bonds is 13. The minimum atomic E-state index is -3.94. The number of hydrogen-bond acceptors (Lipinski definition) is 4. The summed E-state index contributed by atoms with van der Waals surface area (Å²) in [4.78, 5) is 29.0. The van der Waals surface area contributed by atoms with Gasteiger partial charge in [0.15, 0.2) is 0 Å². The van der Waals surface area contributed by atoms with Crippen molar-refractivity contribution in [3.8, 4) is 0 Å². The third kappa shape index (κ3) is 9.13. The van der Waals surface area contributed by atoms with E-state index >= 15 is 0 Å². The van der Waals surface area contributed by atoms with Gasteiger partial charge in [0.25, 0.3) is 0 Å². The van der Waals surface area contributed by atoms with Gasteiger partial charge in [-0.25, -0.2) is 8.42 Å². The fourth-order valence-corrected chi connectivity index (χ4v) is 5.67. The summed E-state index contributed by atoms with van der Waals surface area (Å²) >= 11 is 18.4. The second kappa shape index (κ2) is 14.7. The van der Waals surface area contributed by atoms with Crippen LogP contribution >= 0.6 is 34.8 Å². The quantitative estimate of drug-likeness (QED) is 0.238. The minimum Gasteiger partial charge on any atom is -0.354 e. The van der Waals surface area contributed by atoms with E-state index in [1.165, 1.54) is 23.1 Å². The van der Waals surface area contributed by atoms with Gasteiger partial charge in [0.05, 0.1) is 17.0 Å². The molecule has 0 aliphatic rings. The molecule has 0 saturated heterocycles. The van der Waals surface area contributed by atoms with Crippen molar-refractivity contribution in [3.05, 3.63) is 99.0 Å². The van der Waals surface area contributed by atoms with E-state index in [0.717, 1.165) is 34.5 Å². The molecule has 0 radical (unpaired) electrons. The van der Waals surface area contributed by atoms with Crippen LogP contribution < -0.4 is 9.62 Å². The van der Waals surface area contributed by atoms with Crippen molar-refractivity contribution in [2.45, 2.75) is 38.8 Å². The van der Waals surface area contributed by atoms with Crippen molar-refractivity contribution in [1.82, 2.24) is 10.2 Å². The van der Waals surface area contributed by atoms with Gasteiger partial charge in [-0.2, -0.15) is 0 Å². The average molecular weight is 625 g/mol. The molecule has 1 N–H and O–H groups in total. The molecule has 0 aromatic heterocycles. The van der Waals surface area contributed by atoms with E-state index in [1.807, 2.05) is 37.3 Å². The number of halogens is 3. The van der Waals surface area contributed by atoms with Gasteiger partial charge in [-0.1, -0.05) is 90.6 Å². The SMILES string of the molecule is CCCCNC(=O)C(Cc1ccccc1)N(Cc1ccc(Cl)cc1)C(=O)CN(c1ccc(Cl)cc1Cl)S(C)(=O)=O. The lowest BCUT2D eigenvalue weighted by atomic mass is 10.0. The first-order valence-electron chi connectivity index (χ1n) is 12.8. The fourth-order valence-electron chi connectivity index (χ4n) is 4.12. The summed E-state index contributed by atoms with van der Waals surface area (Å²) < 4.78 is 26.7. The Morgan fingerprint density at radius 1 is 0.900 bits per heavy atom. The summed E-state index contributed by atoms with van der Waals surface area (Å²) in [6.07, 6.45) is 2.90. The van der Waals surface area contributed by atoms with Crippen LogP contribution in [-0.4, -0.2) is 50.5 Å². The van der Waals surface area contributed by atoms with Crippen LogP contribution in [0.3, 0.4) is 0 Å². The van der Waals surface area contributed by atoms with Crippen LogP contribution in [0, 0.1) is 0 Å². The summed E-state index contributed by atoms with van der Waals surface area (Å²) in [5, 5.41) is 3.87. The summed E-state index contributed by atoms with van der Waals surface area (Å²) in [7, 11) is -3.94. The predicted molar refractivity (Wildman–Crippen MR) is 163 cm³/mol. The molecule has 0 saturated carbocycles. The normalized spacial score (nSPS) is 12.0. The minimum absolute atomic E-state index is 0.0562. The Kier molecular flexibility index (Phi) is 11.7. The highest BCUT2D eigenvalue weighted by molar-refractivity contribution is 7.92. The molecule has 3 aromatic rings. The smallest absolute Gasteiger partial charge is 0.244 e. The number of hydrogen-bond donors (Lipinski definition) is 1.